The smallest absolute Gasteiger partial charge is 0.254 e. The first-order chi connectivity index (χ1) is 19.4. The van der Waals surface area contributed by atoms with Gasteiger partial charge < -0.3 is 9.80 Å². The number of aromatic nitrogens is 3. The summed E-state index contributed by atoms with van der Waals surface area (Å²) < 4.78 is 29.5. The quantitative estimate of drug-likeness (QED) is 0.211. The molecule has 206 valence electrons. The molecule has 5 rings (SSSR count). The monoisotopic (exact) mass is 561 g/mol. The molecular formula is C30H29F2N5O2S. The van der Waals surface area contributed by atoms with Crippen LogP contribution in [0.4, 0.5) is 8.78 Å². The number of nitrogens with zero attached hydrogens (tertiary/aromatic N) is 5. The molecule has 40 heavy (non-hydrogen) atoms. The summed E-state index contributed by atoms with van der Waals surface area (Å²) >= 11 is 1.47. The molecule has 1 atom stereocenters. The maximum absolute atomic E-state index is 14.1. The van der Waals surface area contributed by atoms with E-state index in [1.165, 1.54) is 42.1 Å². The van der Waals surface area contributed by atoms with Crippen molar-refractivity contribution in [1.82, 2.24) is 24.6 Å². The van der Waals surface area contributed by atoms with E-state index in [1.807, 2.05) is 47.9 Å². The lowest BCUT2D eigenvalue weighted by molar-refractivity contribution is -0.133. The molecule has 1 fully saturated rings. The van der Waals surface area contributed by atoms with Crippen molar-refractivity contribution in [3.8, 4) is 17.1 Å². The molecule has 0 aliphatic carbocycles. The predicted molar refractivity (Wildman–Crippen MR) is 150 cm³/mol. The van der Waals surface area contributed by atoms with Gasteiger partial charge in [0.2, 0.25) is 5.91 Å². The number of rotatable bonds is 8. The van der Waals surface area contributed by atoms with Gasteiger partial charge in [0, 0.05) is 49.0 Å². The van der Waals surface area contributed by atoms with Crippen LogP contribution < -0.4 is 0 Å². The van der Waals surface area contributed by atoms with Crippen LogP contribution in [0.5, 0.6) is 0 Å². The van der Waals surface area contributed by atoms with E-state index < -0.39 is 5.82 Å². The van der Waals surface area contributed by atoms with Crippen molar-refractivity contribution in [2.45, 2.75) is 31.0 Å². The molecule has 4 aromatic rings. The van der Waals surface area contributed by atoms with Crippen LogP contribution in [0.2, 0.25) is 0 Å². The van der Waals surface area contributed by atoms with Gasteiger partial charge in [-0.2, -0.15) is 0 Å². The highest BCUT2D eigenvalue weighted by Crippen LogP contribution is 2.29. The number of amides is 2. The number of carbonyl (C=O) groups excluding carboxylic acids is 2. The van der Waals surface area contributed by atoms with E-state index >= 15 is 0 Å². The van der Waals surface area contributed by atoms with Crippen LogP contribution in [-0.2, 0) is 4.79 Å². The highest BCUT2D eigenvalue weighted by molar-refractivity contribution is 7.99. The molecule has 1 saturated heterocycles. The largest absolute Gasteiger partial charge is 0.339 e. The average Bonchev–Trinajstić information content (AvgIpc) is 3.39. The fourth-order valence-corrected chi connectivity index (χ4v) is 5.69. The third-order valence-corrected chi connectivity index (χ3v) is 7.83. The first-order valence-corrected chi connectivity index (χ1v) is 14.1. The van der Waals surface area contributed by atoms with E-state index in [2.05, 4.69) is 10.2 Å². The Morgan fingerprint density at radius 2 is 1.68 bits per heavy atom. The molecule has 0 N–H and O–H groups in total. The van der Waals surface area contributed by atoms with Gasteiger partial charge in [0.25, 0.3) is 5.91 Å². The summed E-state index contributed by atoms with van der Waals surface area (Å²) in [6.07, 6.45) is 0.980. The molecule has 1 unspecified atom stereocenters. The molecule has 0 radical (unpaired) electrons. The lowest BCUT2D eigenvalue weighted by Crippen LogP contribution is -2.55. The Labute approximate surface area is 235 Å². The zero-order valence-electron chi connectivity index (χ0n) is 22.0. The van der Waals surface area contributed by atoms with Gasteiger partial charge >= 0.3 is 0 Å². The average molecular weight is 562 g/mol. The van der Waals surface area contributed by atoms with Gasteiger partial charge in [0.15, 0.2) is 11.0 Å². The van der Waals surface area contributed by atoms with Gasteiger partial charge in [-0.1, -0.05) is 54.2 Å². The van der Waals surface area contributed by atoms with Crippen LogP contribution in [0.15, 0.2) is 84.0 Å². The fourth-order valence-electron chi connectivity index (χ4n) is 4.80. The molecule has 2 amide bonds. The standard InChI is InChI=1S/C30H29F2N5O2S/c1-21-20-35(15-16-36(21)29(39)23-10-5-11-24(31)18-23)27(38)14-7-17-40-30-34-33-28(22-8-3-2-4-9-22)37(30)26-13-6-12-25(32)19-26/h2-6,8-13,18-19,21H,7,14-17,20H2,1H3. The van der Waals surface area contributed by atoms with Crippen molar-refractivity contribution >= 4 is 23.6 Å². The number of piperazine rings is 1. The second-order valence-electron chi connectivity index (χ2n) is 9.64. The number of benzene rings is 3. The van der Waals surface area contributed by atoms with Gasteiger partial charge in [0.05, 0.1) is 5.69 Å². The van der Waals surface area contributed by atoms with Crippen molar-refractivity contribution in [2.24, 2.45) is 0 Å². The Kier molecular flexibility index (Phi) is 8.54. The maximum Gasteiger partial charge on any atom is 0.254 e. The lowest BCUT2D eigenvalue weighted by atomic mass is 10.1. The van der Waals surface area contributed by atoms with Crippen molar-refractivity contribution in [3.05, 3.63) is 96.1 Å². The summed E-state index contributed by atoms with van der Waals surface area (Å²) in [5, 5.41) is 9.37. The number of thioether (sulfide) groups is 1. The minimum Gasteiger partial charge on any atom is -0.339 e. The zero-order chi connectivity index (χ0) is 28.1. The number of carbonyl (C=O) groups is 2. The molecule has 2 heterocycles. The molecule has 10 heteroatoms. The number of hydrogen-bond donors (Lipinski definition) is 0. The maximum atomic E-state index is 14.1. The third kappa shape index (κ3) is 6.22. The summed E-state index contributed by atoms with van der Waals surface area (Å²) in [7, 11) is 0. The lowest BCUT2D eigenvalue weighted by Gasteiger charge is -2.40. The first-order valence-electron chi connectivity index (χ1n) is 13.1. The van der Waals surface area contributed by atoms with Crippen LogP contribution in [-0.4, -0.2) is 67.8 Å². The van der Waals surface area contributed by atoms with Crippen molar-refractivity contribution in [2.75, 3.05) is 25.4 Å². The Morgan fingerprint density at radius 3 is 2.40 bits per heavy atom. The van der Waals surface area contributed by atoms with E-state index in [0.717, 1.165) is 5.56 Å². The molecule has 1 aromatic heterocycles. The van der Waals surface area contributed by atoms with E-state index in [1.54, 1.807) is 21.9 Å². The second-order valence-corrected chi connectivity index (χ2v) is 10.7. The fraction of sp³-hybridized carbons (Fsp3) is 0.267. The van der Waals surface area contributed by atoms with Gasteiger partial charge in [-0.3, -0.25) is 14.2 Å². The Hall–Kier alpha value is -4.05. The zero-order valence-corrected chi connectivity index (χ0v) is 22.9. The van der Waals surface area contributed by atoms with Crippen LogP contribution >= 0.6 is 11.8 Å². The normalized spacial score (nSPS) is 15.3. The van der Waals surface area contributed by atoms with E-state index in [4.69, 9.17) is 0 Å². The number of hydrogen-bond acceptors (Lipinski definition) is 5. The minimum absolute atomic E-state index is 0.0295. The summed E-state index contributed by atoms with van der Waals surface area (Å²) in [6.45, 7) is 3.17. The van der Waals surface area contributed by atoms with E-state index in [-0.39, 0.29) is 23.7 Å². The molecule has 0 bridgehead atoms. The van der Waals surface area contributed by atoms with Crippen LogP contribution in [0.1, 0.15) is 30.1 Å². The predicted octanol–water partition coefficient (Wildman–Crippen LogP) is 5.46. The Bertz CT molecular complexity index is 1500. The minimum atomic E-state index is -0.448. The molecule has 0 spiro atoms. The van der Waals surface area contributed by atoms with Crippen molar-refractivity contribution in [3.63, 3.8) is 0 Å². The Morgan fingerprint density at radius 1 is 0.925 bits per heavy atom. The van der Waals surface area contributed by atoms with Crippen molar-refractivity contribution in [1.29, 1.82) is 0 Å². The van der Waals surface area contributed by atoms with Gasteiger partial charge in [-0.05, 0) is 49.7 Å². The highest BCUT2D eigenvalue weighted by Gasteiger charge is 2.30. The first kappa shape index (κ1) is 27.5. The topological polar surface area (TPSA) is 71.3 Å². The van der Waals surface area contributed by atoms with Gasteiger partial charge in [-0.15, -0.1) is 10.2 Å². The molecule has 7 nitrogen and oxygen atoms in total. The molecule has 0 saturated carbocycles. The highest BCUT2D eigenvalue weighted by atomic mass is 32.2. The van der Waals surface area contributed by atoms with E-state index in [0.29, 0.717) is 60.5 Å². The Balaban J connectivity index is 1.18. The summed E-state index contributed by atoms with van der Waals surface area (Å²) in [5.41, 5.74) is 1.80. The molecule has 3 aromatic carbocycles. The summed E-state index contributed by atoms with van der Waals surface area (Å²) in [5.74, 6) is 0.245. The summed E-state index contributed by atoms with van der Waals surface area (Å²) in [6, 6.07) is 21.4. The van der Waals surface area contributed by atoms with Crippen LogP contribution in [0, 0.1) is 11.6 Å². The third-order valence-electron chi connectivity index (χ3n) is 6.81. The van der Waals surface area contributed by atoms with Gasteiger partial charge in [0.1, 0.15) is 11.6 Å². The molecule has 1 aliphatic rings. The van der Waals surface area contributed by atoms with Crippen LogP contribution in [0.25, 0.3) is 17.1 Å². The molecular weight excluding hydrogens is 532 g/mol. The second kappa shape index (κ2) is 12.4. The summed E-state index contributed by atoms with van der Waals surface area (Å²) in [4.78, 5) is 29.3. The SMILES string of the molecule is CC1CN(C(=O)CCCSc2nnc(-c3ccccc3)n2-c2cccc(F)c2)CCN1C(=O)c1cccc(F)c1. The number of halogens is 2. The van der Waals surface area contributed by atoms with E-state index in [9.17, 15) is 18.4 Å². The van der Waals surface area contributed by atoms with Gasteiger partial charge in [-0.25, -0.2) is 8.78 Å². The molecule has 1 aliphatic heterocycles. The van der Waals surface area contributed by atoms with Crippen molar-refractivity contribution < 1.29 is 18.4 Å². The van der Waals surface area contributed by atoms with Crippen LogP contribution in [0.3, 0.4) is 0 Å².